The Hall–Kier alpha value is -1.75. The number of anilines is 1. The molecule has 2 unspecified atom stereocenters. The number of carboxylic acid groups (broad SMARTS) is 1. The summed E-state index contributed by atoms with van der Waals surface area (Å²) < 4.78 is 5.87. The van der Waals surface area contributed by atoms with E-state index in [1.54, 1.807) is 18.2 Å². The molecule has 1 aliphatic rings. The van der Waals surface area contributed by atoms with Crippen LogP contribution in [0.5, 0.6) is 5.75 Å². The van der Waals surface area contributed by atoms with Gasteiger partial charge in [-0.1, -0.05) is 0 Å². The molecule has 1 aromatic rings. The summed E-state index contributed by atoms with van der Waals surface area (Å²) in [7, 11) is 1.90. The fourth-order valence-electron chi connectivity index (χ4n) is 2.07. The molecule has 0 saturated carbocycles. The molecule has 0 bridgehead atoms. The molecular weight excluding hydrogens is 232 g/mol. The van der Waals surface area contributed by atoms with Crippen molar-refractivity contribution in [2.24, 2.45) is 0 Å². The Morgan fingerprint density at radius 1 is 1.56 bits per heavy atom. The molecule has 5 heteroatoms. The standard InChI is InChI=1S/C13H18N2O3/c1-8-11(5-6-14-2)18-12-7-9(13(16)17)3-4-10(12)15-8/h3-4,7-8,11,14-15H,5-6H2,1-2H3,(H,16,17). The number of ether oxygens (including phenoxy) is 1. The van der Waals surface area contributed by atoms with Crippen LogP contribution in [0.25, 0.3) is 0 Å². The van der Waals surface area contributed by atoms with Gasteiger partial charge in [0.2, 0.25) is 0 Å². The summed E-state index contributed by atoms with van der Waals surface area (Å²) in [6.45, 7) is 2.93. The zero-order chi connectivity index (χ0) is 13.1. The number of nitrogens with one attached hydrogen (secondary N) is 2. The van der Waals surface area contributed by atoms with Crippen LogP contribution in [0.15, 0.2) is 18.2 Å². The predicted molar refractivity (Wildman–Crippen MR) is 69.4 cm³/mol. The van der Waals surface area contributed by atoms with Crippen molar-refractivity contribution in [3.05, 3.63) is 23.8 Å². The molecule has 0 aromatic heterocycles. The van der Waals surface area contributed by atoms with Crippen molar-refractivity contribution in [3.63, 3.8) is 0 Å². The highest BCUT2D eigenvalue weighted by Gasteiger charge is 2.26. The van der Waals surface area contributed by atoms with E-state index >= 15 is 0 Å². The Balaban J connectivity index is 2.19. The maximum atomic E-state index is 10.9. The number of hydrogen-bond acceptors (Lipinski definition) is 4. The minimum atomic E-state index is -0.938. The van der Waals surface area contributed by atoms with E-state index in [0.717, 1.165) is 18.7 Å². The van der Waals surface area contributed by atoms with Crippen LogP contribution in [0, 0.1) is 0 Å². The quantitative estimate of drug-likeness (QED) is 0.756. The molecule has 0 spiro atoms. The molecule has 2 atom stereocenters. The summed E-state index contributed by atoms with van der Waals surface area (Å²) in [6, 6.07) is 5.12. The van der Waals surface area contributed by atoms with Crippen molar-refractivity contribution < 1.29 is 14.6 Å². The minimum absolute atomic E-state index is 0.0500. The Morgan fingerprint density at radius 3 is 3.00 bits per heavy atom. The molecule has 0 fully saturated rings. The number of hydrogen-bond donors (Lipinski definition) is 3. The monoisotopic (exact) mass is 250 g/mol. The van der Waals surface area contributed by atoms with Crippen LogP contribution in [0.4, 0.5) is 5.69 Å². The fraction of sp³-hybridized carbons (Fsp3) is 0.462. The lowest BCUT2D eigenvalue weighted by atomic mass is 10.1. The van der Waals surface area contributed by atoms with Crippen molar-refractivity contribution >= 4 is 11.7 Å². The zero-order valence-electron chi connectivity index (χ0n) is 10.6. The third-order valence-corrected chi connectivity index (χ3v) is 3.13. The second-order valence-corrected chi connectivity index (χ2v) is 4.50. The number of rotatable bonds is 4. The molecule has 1 heterocycles. The average molecular weight is 250 g/mol. The van der Waals surface area contributed by atoms with Gasteiger partial charge < -0.3 is 20.5 Å². The molecule has 1 aliphatic heterocycles. The summed E-state index contributed by atoms with van der Waals surface area (Å²) in [5.41, 5.74) is 1.10. The maximum Gasteiger partial charge on any atom is 0.335 e. The average Bonchev–Trinajstić information content (AvgIpc) is 2.35. The van der Waals surface area contributed by atoms with Crippen molar-refractivity contribution in [2.75, 3.05) is 18.9 Å². The third-order valence-electron chi connectivity index (χ3n) is 3.13. The van der Waals surface area contributed by atoms with Gasteiger partial charge in [-0.05, 0) is 45.1 Å². The van der Waals surface area contributed by atoms with Gasteiger partial charge in [0.1, 0.15) is 11.9 Å². The number of carboxylic acids is 1. The summed E-state index contributed by atoms with van der Waals surface area (Å²) in [5.74, 6) is -0.319. The van der Waals surface area contributed by atoms with E-state index in [1.807, 2.05) is 7.05 Å². The first kappa shape index (κ1) is 12.7. The molecule has 0 amide bonds. The molecule has 0 saturated heterocycles. The molecule has 3 N–H and O–H groups in total. The summed E-state index contributed by atoms with van der Waals surface area (Å²) in [4.78, 5) is 10.9. The van der Waals surface area contributed by atoms with Gasteiger partial charge in [-0.15, -0.1) is 0 Å². The van der Waals surface area contributed by atoms with Crippen molar-refractivity contribution in [2.45, 2.75) is 25.5 Å². The van der Waals surface area contributed by atoms with Gasteiger partial charge in [-0.2, -0.15) is 0 Å². The second-order valence-electron chi connectivity index (χ2n) is 4.50. The minimum Gasteiger partial charge on any atom is -0.486 e. The largest absolute Gasteiger partial charge is 0.486 e. The molecular formula is C13H18N2O3. The topological polar surface area (TPSA) is 70.6 Å². The first-order valence-corrected chi connectivity index (χ1v) is 6.07. The van der Waals surface area contributed by atoms with Gasteiger partial charge in [0.05, 0.1) is 17.3 Å². The van der Waals surface area contributed by atoms with Gasteiger partial charge in [0.25, 0.3) is 0 Å². The highest BCUT2D eigenvalue weighted by molar-refractivity contribution is 5.89. The number of benzene rings is 1. The Morgan fingerprint density at radius 2 is 2.33 bits per heavy atom. The maximum absolute atomic E-state index is 10.9. The van der Waals surface area contributed by atoms with Crippen molar-refractivity contribution in [1.29, 1.82) is 0 Å². The van der Waals surface area contributed by atoms with Gasteiger partial charge >= 0.3 is 5.97 Å². The van der Waals surface area contributed by atoms with Gasteiger partial charge in [0.15, 0.2) is 0 Å². The lowest BCUT2D eigenvalue weighted by Gasteiger charge is -2.33. The van der Waals surface area contributed by atoms with E-state index in [0.29, 0.717) is 5.75 Å². The van der Waals surface area contributed by atoms with Crippen LogP contribution in [0.1, 0.15) is 23.7 Å². The SMILES string of the molecule is CNCCC1Oc2cc(C(=O)O)ccc2NC1C. The van der Waals surface area contributed by atoms with E-state index in [-0.39, 0.29) is 17.7 Å². The second kappa shape index (κ2) is 5.27. The van der Waals surface area contributed by atoms with Crippen LogP contribution in [-0.4, -0.2) is 36.8 Å². The first-order valence-electron chi connectivity index (χ1n) is 6.07. The molecule has 5 nitrogen and oxygen atoms in total. The third kappa shape index (κ3) is 2.56. The van der Waals surface area contributed by atoms with Crippen molar-refractivity contribution in [3.8, 4) is 5.75 Å². The normalized spacial score (nSPS) is 21.7. The summed E-state index contributed by atoms with van der Waals surface area (Å²) in [5, 5.41) is 15.4. The van der Waals surface area contributed by atoms with Crippen LogP contribution in [0.3, 0.4) is 0 Å². The zero-order valence-corrected chi connectivity index (χ0v) is 10.6. The lowest BCUT2D eigenvalue weighted by Crippen LogP contribution is -2.40. The Kier molecular flexibility index (Phi) is 3.72. The number of fused-ring (bicyclic) bond motifs is 1. The number of aromatic carboxylic acids is 1. The van der Waals surface area contributed by atoms with E-state index in [4.69, 9.17) is 9.84 Å². The summed E-state index contributed by atoms with van der Waals surface area (Å²) >= 11 is 0. The van der Waals surface area contributed by atoms with E-state index in [9.17, 15) is 4.79 Å². The van der Waals surface area contributed by atoms with Crippen LogP contribution < -0.4 is 15.4 Å². The molecule has 0 radical (unpaired) electrons. The van der Waals surface area contributed by atoms with Gasteiger partial charge in [-0.3, -0.25) is 0 Å². The van der Waals surface area contributed by atoms with Crippen molar-refractivity contribution in [1.82, 2.24) is 5.32 Å². The summed E-state index contributed by atoms with van der Waals surface area (Å²) in [6.07, 6.45) is 0.926. The van der Waals surface area contributed by atoms with Crippen LogP contribution in [0.2, 0.25) is 0 Å². The van der Waals surface area contributed by atoms with E-state index in [2.05, 4.69) is 17.6 Å². The van der Waals surface area contributed by atoms with Crippen LogP contribution >= 0.6 is 0 Å². The Bertz CT molecular complexity index is 448. The first-order chi connectivity index (χ1) is 8.61. The smallest absolute Gasteiger partial charge is 0.335 e. The van der Waals surface area contributed by atoms with Crippen LogP contribution in [-0.2, 0) is 0 Å². The molecule has 1 aromatic carbocycles. The molecule has 18 heavy (non-hydrogen) atoms. The lowest BCUT2D eigenvalue weighted by molar-refractivity contribution is 0.0695. The van der Waals surface area contributed by atoms with Gasteiger partial charge in [0, 0.05) is 0 Å². The molecule has 0 aliphatic carbocycles. The highest BCUT2D eigenvalue weighted by Crippen LogP contribution is 2.33. The fourth-order valence-corrected chi connectivity index (χ4v) is 2.07. The molecule has 98 valence electrons. The van der Waals surface area contributed by atoms with E-state index in [1.165, 1.54) is 0 Å². The molecule has 2 rings (SSSR count). The van der Waals surface area contributed by atoms with E-state index < -0.39 is 5.97 Å². The van der Waals surface area contributed by atoms with Gasteiger partial charge in [-0.25, -0.2) is 4.79 Å². The number of carbonyl (C=O) groups is 1. The highest BCUT2D eigenvalue weighted by atomic mass is 16.5. The Labute approximate surface area is 106 Å². The predicted octanol–water partition coefficient (Wildman–Crippen LogP) is 1.56.